The molecule has 1 N–H and O–H groups in total. The molecule has 1 aromatic rings. The third-order valence-corrected chi connectivity index (χ3v) is 4.86. The van der Waals surface area contributed by atoms with E-state index in [4.69, 9.17) is 0 Å². The highest BCUT2D eigenvalue weighted by atomic mass is 14.9. The van der Waals surface area contributed by atoms with Crippen molar-refractivity contribution in [2.75, 3.05) is 7.05 Å². The molecule has 1 aromatic carbocycles. The third kappa shape index (κ3) is 3.82. The Labute approximate surface area is 118 Å². The molecule has 106 valence electrons. The summed E-state index contributed by atoms with van der Waals surface area (Å²) in [5, 5.41) is 3.59. The Morgan fingerprint density at radius 3 is 2.32 bits per heavy atom. The van der Waals surface area contributed by atoms with Crippen LogP contribution in [0.15, 0.2) is 24.3 Å². The molecule has 19 heavy (non-hydrogen) atoms. The zero-order valence-corrected chi connectivity index (χ0v) is 12.9. The molecule has 1 nitrogen and oxygen atoms in total. The molecule has 0 saturated heterocycles. The standard InChI is InChI=1S/C18H29N/c1-13-9-14(2)11-17(10-13)18(19-4)12-16-8-6-5-7-15(16)3/h5-8,13-14,17-19H,9-12H2,1-4H3. The van der Waals surface area contributed by atoms with Crippen molar-refractivity contribution in [3.8, 4) is 0 Å². The molecule has 0 radical (unpaired) electrons. The minimum Gasteiger partial charge on any atom is -0.316 e. The predicted octanol–water partition coefficient (Wildman–Crippen LogP) is 4.20. The third-order valence-electron chi connectivity index (χ3n) is 4.86. The Balaban J connectivity index is 2.05. The second-order valence-corrected chi connectivity index (χ2v) is 6.70. The average molecular weight is 259 g/mol. The van der Waals surface area contributed by atoms with Gasteiger partial charge in [-0.25, -0.2) is 0 Å². The molecule has 3 unspecified atom stereocenters. The summed E-state index contributed by atoms with van der Waals surface area (Å²) >= 11 is 0. The molecule has 1 aliphatic carbocycles. The lowest BCUT2D eigenvalue weighted by molar-refractivity contribution is 0.179. The Bertz CT molecular complexity index is 388. The van der Waals surface area contributed by atoms with Crippen LogP contribution in [0, 0.1) is 24.7 Å². The molecular formula is C18H29N. The van der Waals surface area contributed by atoms with Crippen molar-refractivity contribution in [3.05, 3.63) is 35.4 Å². The second kappa shape index (κ2) is 6.56. The van der Waals surface area contributed by atoms with Crippen LogP contribution < -0.4 is 5.32 Å². The lowest BCUT2D eigenvalue weighted by atomic mass is 9.72. The van der Waals surface area contributed by atoms with E-state index in [1.807, 2.05) is 0 Å². The molecule has 3 atom stereocenters. The SMILES string of the molecule is CNC(Cc1ccccc1C)C1CC(C)CC(C)C1. The Hall–Kier alpha value is -0.820. The van der Waals surface area contributed by atoms with Gasteiger partial charge < -0.3 is 5.32 Å². The van der Waals surface area contributed by atoms with Crippen LogP contribution in [0.3, 0.4) is 0 Å². The summed E-state index contributed by atoms with van der Waals surface area (Å²) in [4.78, 5) is 0. The van der Waals surface area contributed by atoms with Gasteiger partial charge in [-0.1, -0.05) is 38.1 Å². The Kier molecular flexibility index (Phi) is 5.04. The maximum absolute atomic E-state index is 3.59. The summed E-state index contributed by atoms with van der Waals surface area (Å²) in [6, 6.07) is 9.45. The molecule has 0 amide bonds. The van der Waals surface area contributed by atoms with Crippen LogP contribution in [0.25, 0.3) is 0 Å². The van der Waals surface area contributed by atoms with Crippen LogP contribution in [0.5, 0.6) is 0 Å². The van der Waals surface area contributed by atoms with Crippen molar-refractivity contribution < 1.29 is 0 Å². The van der Waals surface area contributed by atoms with Crippen LogP contribution in [-0.4, -0.2) is 13.1 Å². The maximum Gasteiger partial charge on any atom is 0.0133 e. The molecule has 0 heterocycles. The van der Waals surface area contributed by atoms with Crippen molar-refractivity contribution in [2.24, 2.45) is 17.8 Å². The topological polar surface area (TPSA) is 12.0 Å². The molecular weight excluding hydrogens is 230 g/mol. The van der Waals surface area contributed by atoms with Gasteiger partial charge >= 0.3 is 0 Å². The highest BCUT2D eigenvalue weighted by Crippen LogP contribution is 2.35. The highest BCUT2D eigenvalue weighted by molar-refractivity contribution is 5.26. The van der Waals surface area contributed by atoms with Crippen LogP contribution in [-0.2, 0) is 6.42 Å². The quantitative estimate of drug-likeness (QED) is 0.854. The zero-order valence-electron chi connectivity index (χ0n) is 12.9. The average Bonchev–Trinajstić information content (AvgIpc) is 2.36. The highest BCUT2D eigenvalue weighted by Gasteiger charge is 2.29. The van der Waals surface area contributed by atoms with Crippen molar-refractivity contribution in [3.63, 3.8) is 0 Å². The van der Waals surface area contributed by atoms with Gasteiger partial charge in [0.05, 0.1) is 0 Å². The number of hydrogen-bond donors (Lipinski definition) is 1. The second-order valence-electron chi connectivity index (χ2n) is 6.70. The largest absolute Gasteiger partial charge is 0.316 e. The van der Waals surface area contributed by atoms with E-state index in [2.05, 4.69) is 57.4 Å². The van der Waals surface area contributed by atoms with E-state index in [-0.39, 0.29) is 0 Å². The van der Waals surface area contributed by atoms with Gasteiger partial charge in [-0.2, -0.15) is 0 Å². The smallest absolute Gasteiger partial charge is 0.0133 e. The fraction of sp³-hybridized carbons (Fsp3) is 0.667. The first-order valence-corrected chi connectivity index (χ1v) is 7.82. The van der Waals surface area contributed by atoms with Gasteiger partial charge in [0.1, 0.15) is 0 Å². The molecule has 0 aliphatic heterocycles. The number of benzene rings is 1. The van der Waals surface area contributed by atoms with Gasteiger partial charge in [-0.15, -0.1) is 0 Å². The monoisotopic (exact) mass is 259 g/mol. The van der Waals surface area contributed by atoms with Gasteiger partial charge in [0, 0.05) is 6.04 Å². The molecule has 0 aromatic heterocycles. The van der Waals surface area contributed by atoms with E-state index in [9.17, 15) is 0 Å². The number of nitrogens with one attached hydrogen (secondary N) is 1. The van der Waals surface area contributed by atoms with E-state index in [1.54, 1.807) is 0 Å². The van der Waals surface area contributed by atoms with Gasteiger partial charge in [0.25, 0.3) is 0 Å². The number of likely N-dealkylation sites (N-methyl/N-ethyl adjacent to an activating group) is 1. The van der Waals surface area contributed by atoms with Crippen LogP contribution in [0.2, 0.25) is 0 Å². The van der Waals surface area contributed by atoms with E-state index in [0.717, 1.165) is 17.8 Å². The maximum atomic E-state index is 3.59. The normalized spacial score (nSPS) is 29.2. The van der Waals surface area contributed by atoms with Crippen LogP contribution >= 0.6 is 0 Å². The number of hydrogen-bond acceptors (Lipinski definition) is 1. The molecule has 2 rings (SSSR count). The molecule has 1 fully saturated rings. The number of aryl methyl sites for hydroxylation is 1. The predicted molar refractivity (Wildman–Crippen MR) is 83.4 cm³/mol. The summed E-state index contributed by atoms with van der Waals surface area (Å²) in [6.45, 7) is 7.07. The Morgan fingerprint density at radius 2 is 1.74 bits per heavy atom. The van der Waals surface area contributed by atoms with Gasteiger partial charge in [0.15, 0.2) is 0 Å². The van der Waals surface area contributed by atoms with Crippen LogP contribution in [0.1, 0.15) is 44.2 Å². The molecule has 0 bridgehead atoms. The minimum atomic E-state index is 0.631. The van der Waals surface area contributed by atoms with Crippen LogP contribution in [0.4, 0.5) is 0 Å². The summed E-state index contributed by atoms with van der Waals surface area (Å²) in [7, 11) is 2.13. The lowest BCUT2D eigenvalue weighted by Crippen LogP contribution is -2.39. The molecule has 1 saturated carbocycles. The van der Waals surface area contributed by atoms with Gasteiger partial charge in [-0.3, -0.25) is 0 Å². The molecule has 1 aliphatic rings. The number of rotatable bonds is 4. The van der Waals surface area contributed by atoms with Gasteiger partial charge in [-0.05, 0) is 68.5 Å². The first kappa shape index (κ1) is 14.6. The molecule has 0 spiro atoms. The summed E-state index contributed by atoms with van der Waals surface area (Å²) < 4.78 is 0. The van der Waals surface area contributed by atoms with E-state index >= 15 is 0 Å². The fourth-order valence-corrected chi connectivity index (χ4v) is 3.92. The summed E-state index contributed by atoms with van der Waals surface area (Å²) in [5.41, 5.74) is 2.94. The van der Waals surface area contributed by atoms with E-state index in [1.165, 1.54) is 36.8 Å². The Morgan fingerprint density at radius 1 is 1.11 bits per heavy atom. The van der Waals surface area contributed by atoms with E-state index < -0.39 is 0 Å². The fourth-order valence-electron chi connectivity index (χ4n) is 3.92. The van der Waals surface area contributed by atoms with Crippen molar-refractivity contribution in [1.29, 1.82) is 0 Å². The van der Waals surface area contributed by atoms with Gasteiger partial charge in [0.2, 0.25) is 0 Å². The van der Waals surface area contributed by atoms with Crippen molar-refractivity contribution in [1.82, 2.24) is 5.32 Å². The molecule has 1 heteroatoms. The first-order chi connectivity index (χ1) is 9.10. The minimum absolute atomic E-state index is 0.631. The van der Waals surface area contributed by atoms with E-state index in [0.29, 0.717) is 6.04 Å². The van der Waals surface area contributed by atoms with Crippen molar-refractivity contribution >= 4 is 0 Å². The van der Waals surface area contributed by atoms with Crippen molar-refractivity contribution in [2.45, 2.75) is 52.5 Å². The summed E-state index contributed by atoms with van der Waals surface area (Å²) in [6.07, 6.45) is 5.37. The zero-order chi connectivity index (χ0) is 13.8. The lowest BCUT2D eigenvalue weighted by Gasteiger charge is -2.36. The first-order valence-electron chi connectivity index (χ1n) is 7.82. The summed E-state index contributed by atoms with van der Waals surface area (Å²) in [5.74, 6) is 2.62.